The van der Waals surface area contributed by atoms with Gasteiger partial charge in [0.2, 0.25) is 5.91 Å². The van der Waals surface area contributed by atoms with Crippen LogP contribution in [0.5, 0.6) is 0 Å². The van der Waals surface area contributed by atoms with Crippen LogP contribution in [0.4, 0.5) is 0 Å². The third-order valence-corrected chi connectivity index (χ3v) is 5.44. The zero-order valence-electron chi connectivity index (χ0n) is 11.6. The first-order chi connectivity index (χ1) is 8.81. The number of thioether (sulfide) groups is 1. The number of nitrogens with two attached hydrogens (primary N) is 1. The van der Waals surface area contributed by atoms with Crippen LogP contribution in [0.3, 0.4) is 0 Å². The van der Waals surface area contributed by atoms with Crippen molar-refractivity contribution in [3.8, 4) is 0 Å². The van der Waals surface area contributed by atoms with Gasteiger partial charge in [0.15, 0.2) is 0 Å². The Morgan fingerprint density at radius 3 is 2.37 bits per heavy atom. The molecule has 1 aliphatic heterocycles. The number of nitrogens with one attached hydrogen (secondary N) is 1. The summed E-state index contributed by atoms with van der Waals surface area (Å²) in [4.78, 5) is 12.2. The van der Waals surface area contributed by atoms with Crippen molar-refractivity contribution in [2.24, 2.45) is 17.6 Å². The summed E-state index contributed by atoms with van der Waals surface area (Å²) in [5.41, 5.74) is 5.86. The number of rotatable bonds is 4. The van der Waals surface area contributed by atoms with E-state index in [4.69, 9.17) is 5.73 Å². The lowest BCUT2D eigenvalue weighted by atomic mass is 9.83. The number of hydrogen-bond donors (Lipinski definition) is 2. The molecule has 0 aromatic carbocycles. The van der Waals surface area contributed by atoms with Crippen molar-refractivity contribution in [2.75, 3.05) is 18.1 Å². The van der Waals surface area contributed by atoms with Crippen molar-refractivity contribution in [1.29, 1.82) is 0 Å². The minimum Gasteiger partial charge on any atom is -0.352 e. The third kappa shape index (κ3) is 5.16. The molecule has 0 aromatic rings. The summed E-state index contributed by atoms with van der Waals surface area (Å²) in [5, 5.41) is 3.23. The normalized spacial score (nSPS) is 23.4. The molecule has 1 saturated heterocycles. The molecule has 1 heterocycles. The van der Waals surface area contributed by atoms with Crippen LogP contribution in [-0.4, -0.2) is 30.0 Å². The summed E-state index contributed by atoms with van der Waals surface area (Å²) in [7, 11) is 0. The molecule has 0 bridgehead atoms. The van der Waals surface area contributed by atoms with Gasteiger partial charge in [-0.1, -0.05) is 19.3 Å². The lowest BCUT2D eigenvalue weighted by molar-refractivity contribution is -0.126. The van der Waals surface area contributed by atoms with Crippen LogP contribution in [0, 0.1) is 11.8 Å². The Balaban J connectivity index is 0.00000180. The van der Waals surface area contributed by atoms with E-state index < -0.39 is 0 Å². The Bertz CT molecular complexity index is 266. The van der Waals surface area contributed by atoms with E-state index in [0.717, 1.165) is 24.3 Å². The van der Waals surface area contributed by atoms with Crippen LogP contribution in [0.15, 0.2) is 0 Å². The molecule has 0 radical (unpaired) electrons. The molecule has 3 nitrogen and oxygen atoms in total. The molecule has 2 rings (SSSR count). The third-order valence-electron chi connectivity index (χ3n) is 4.39. The van der Waals surface area contributed by atoms with E-state index in [-0.39, 0.29) is 30.3 Å². The second-order valence-electron chi connectivity index (χ2n) is 5.64. The highest BCUT2D eigenvalue weighted by atomic mass is 35.5. The van der Waals surface area contributed by atoms with E-state index in [0.29, 0.717) is 12.5 Å². The molecular weight excluding hydrogens is 280 g/mol. The zero-order valence-corrected chi connectivity index (χ0v) is 13.2. The van der Waals surface area contributed by atoms with Crippen LogP contribution in [-0.2, 0) is 4.79 Å². The molecule has 3 N–H and O–H groups in total. The summed E-state index contributed by atoms with van der Waals surface area (Å²) in [6.45, 7) is 0.595. The summed E-state index contributed by atoms with van der Waals surface area (Å²) < 4.78 is 0. The van der Waals surface area contributed by atoms with E-state index >= 15 is 0 Å². The highest BCUT2D eigenvalue weighted by molar-refractivity contribution is 7.99. The minimum absolute atomic E-state index is 0. The predicted octanol–water partition coefficient (Wildman–Crippen LogP) is 2.58. The number of halogens is 1. The molecule has 1 aliphatic carbocycles. The van der Waals surface area contributed by atoms with Crippen LogP contribution in [0.1, 0.15) is 44.9 Å². The Kier molecular flexibility index (Phi) is 8.19. The maximum atomic E-state index is 12.2. The van der Waals surface area contributed by atoms with Crippen molar-refractivity contribution in [3.05, 3.63) is 0 Å². The fraction of sp³-hybridized carbons (Fsp3) is 0.929. The van der Waals surface area contributed by atoms with Gasteiger partial charge in [0.05, 0.1) is 0 Å². The number of carbonyl (C=O) groups excluding carboxylic acids is 1. The molecule has 5 heteroatoms. The second kappa shape index (κ2) is 9.09. The summed E-state index contributed by atoms with van der Waals surface area (Å²) in [5.74, 6) is 3.38. The zero-order chi connectivity index (χ0) is 12.8. The van der Waals surface area contributed by atoms with Gasteiger partial charge in [-0.15, -0.1) is 12.4 Å². The van der Waals surface area contributed by atoms with Crippen molar-refractivity contribution in [2.45, 2.75) is 51.0 Å². The van der Waals surface area contributed by atoms with E-state index in [1.807, 2.05) is 11.8 Å². The molecule has 0 spiro atoms. The van der Waals surface area contributed by atoms with Gasteiger partial charge >= 0.3 is 0 Å². The summed E-state index contributed by atoms with van der Waals surface area (Å²) in [6.07, 6.45) is 8.51. The Labute approximate surface area is 127 Å². The number of amides is 1. The van der Waals surface area contributed by atoms with Gasteiger partial charge in [0.1, 0.15) is 0 Å². The second-order valence-corrected chi connectivity index (χ2v) is 6.86. The van der Waals surface area contributed by atoms with Gasteiger partial charge in [-0.25, -0.2) is 0 Å². The Morgan fingerprint density at radius 1 is 1.16 bits per heavy atom. The largest absolute Gasteiger partial charge is 0.352 e. The maximum Gasteiger partial charge on any atom is 0.223 e. The SMILES string of the molecule is Cl.NCC(NC(=O)C1CCSCC1)C1CCCCC1. The van der Waals surface area contributed by atoms with E-state index in [1.54, 1.807) is 0 Å². The van der Waals surface area contributed by atoms with E-state index in [1.165, 1.54) is 32.1 Å². The van der Waals surface area contributed by atoms with Gasteiger partial charge in [-0.3, -0.25) is 4.79 Å². The van der Waals surface area contributed by atoms with Crippen LogP contribution in [0.25, 0.3) is 0 Å². The molecule has 1 saturated carbocycles. The number of carbonyl (C=O) groups is 1. The van der Waals surface area contributed by atoms with Crippen molar-refractivity contribution < 1.29 is 4.79 Å². The van der Waals surface area contributed by atoms with Gasteiger partial charge in [-0.2, -0.15) is 11.8 Å². The van der Waals surface area contributed by atoms with Crippen molar-refractivity contribution in [3.63, 3.8) is 0 Å². The fourth-order valence-corrected chi connectivity index (χ4v) is 4.27. The topological polar surface area (TPSA) is 55.1 Å². The van der Waals surface area contributed by atoms with Gasteiger partial charge < -0.3 is 11.1 Å². The van der Waals surface area contributed by atoms with Gasteiger partial charge in [0.25, 0.3) is 0 Å². The lowest BCUT2D eigenvalue weighted by Gasteiger charge is -2.31. The first kappa shape index (κ1) is 17.1. The average Bonchev–Trinajstić information content (AvgIpc) is 2.46. The average molecular weight is 307 g/mol. The first-order valence-electron chi connectivity index (χ1n) is 7.39. The van der Waals surface area contributed by atoms with E-state index in [2.05, 4.69) is 5.32 Å². The van der Waals surface area contributed by atoms with Gasteiger partial charge in [0, 0.05) is 18.5 Å². The highest BCUT2D eigenvalue weighted by Gasteiger charge is 2.27. The quantitative estimate of drug-likeness (QED) is 0.839. The fourth-order valence-electron chi connectivity index (χ4n) is 3.17. The Morgan fingerprint density at radius 2 is 1.79 bits per heavy atom. The van der Waals surface area contributed by atoms with Crippen LogP contribution < -0.4 is 11.1 Å². The van der Waals surface area contributed by atoms with E-state index in [9.17, 15) is 4.79 Å². The predicted molar refractivity (Wildman–Crippen MR) is 84.9 cm³/mol. The minimum atomic E-state index is 0. The first-order valence-corrected chi connectivity index (χ1v) is 8.55. The Hall–Kier alpha value is 0.0700. The summed E-state index contributed by atoms with van der Waals surface area (Å²) >= 11 is 1.96. The molecule has 2 fully saturated rings. The molecule has 1 atom stereocenters. The number of hydrogen-bond acceptors (Lipinski definition) is 3. The van der Waals surface area contributed by atoms with Crippen LogP contribution in [0.2, 0.25) is 0 Å². The molecule has 19 heavy (non-hydrogen) atoms. The molecular formula is C14H27ClN2OS. The van der Waals surface area contributed by atoms with Crippen molar-refractivity contribution >= 4 is 30.1 Å². The standard InChI is InChI=1S/C14H26N2OS.ClH/c15-10-13(11-4-2-1-3-5-11)16-14(17)12-6-8-18-9-7-12;/h11-13H,1-10,15H2,(H,16,17);1H. The molecule has 112 valence electrons. The van der Waals surface area contributed by atoms with Crippen LogP contribution >= 0.6 is 24.2 Å². The molecule has 1 amide bonds. The molecule has 2 aliphatic rings. The smallest absolute Gasteiger partial charge is 0.223 e. The molecule has 0 aromatic heterocycles. The van der Waals surface area contributed by atoms with Crippen molar-refractivity contribution in [1.82, 2.24) is 5.32 Å². The highest BCUT2D eigenvalue weighted by Crippen LogP contribution is 2.27. The summed E-state index contributed by atoms with van der Waals surface area (Å²) in [6, 6.07) is 0.215. The maximum absolute atomic E-state index is 12.2. The monoisotopic (exact) mass is 306 g/mol. The van der Waals surface area contributed by atoms with Gasteiger partial charge in [-0.05, 0) is 43.1 Å². The lowest BCUT2D eigenvalue weighted by Crippen LogP contribution is -2.48. The molecule has 1 unspecified atom stereocenters.